The molecule has 1 N–H and O–H groups in total. The number of nitrogens with zero attached hydrogens (tertiary/aromatic N) is 5. The number of aryl methyl sites for hydroxylation is 1. The average Bonchev–Trinajstić information content (AvgIpc) is 3.32. The molecule has 2 heterocycles. The lowest BCUT2D eigenvalue weighted by Crippen LogP contribution is -2.11. The molecule has 0 atom stereocenters. The van der Waals surface area contributed by atoms with Gasteiger partial charge in [0.15, 0.2) is 5.13 Å². The van der Waals surface area contributed by atoms with Crippen LogP contribution in [0.4, 0.5) is 5.13 Å². The number of thiazole rings is 1. The summed E-state index contributed by atoms with van der Waals surface area (Å²) in [5.41, 5.74) is 3.44. The fourth-order valence-electron chi connectivity index (χ4n) is 2.69. The Morgan fingerprint density at radius 2 is 2.04 bits per heavy atom. The quantitative estimate of drug-likeness (QED) is 0.491. The van der Waals surface area contributed by atoms with E-state index in [9.17, 15) is 4.79 Å². The molecule has 140 valence electrons. The van der Waals surface area contributed by atoms with Gasteiger partial charge >= 0.3 is 0 Å². The molecular formula is C19H15BrN6OS. The third-order valence-corrected chi connectivity index (χ3v) is 5.68. The van der Waals surface area contributed by atoms with Crippen molar-refractivity contribution < 1.29 is 4.79 Å². The van der Waals surface area contributed by atoms with Crippen molar-refractivity contribution in [3.05, 3.63) is 81.0 Å². The van der Waals surface area contributed by atoms with E-state index in [0.717, 1.165) is 27.2 Å². The van der Waals surface area contributed by atoms with Crippen LogP contribution in [0.15, 0.2) is 59.3 Å². The first-order chi connectivity index (χ1) is 13.6. The predicted octanol–water partition coefficient (Wildman–Crippen LogP) is 4.03. The number of amides is 1. The van der Waals surface area contributed by atoms with Crippen molar-refractivity contribution in [1.29, 1.82) is 0 Å². The van der Waals surface area contributed by atoms with Gasteiger partial charge in [-0.25, -0.2) is 9.67 Å². The second kappa shape index (κ2) is 7.99. The van der Waals surface area contributed by atoms with Gasteiger partial charge in [0.25, 0.3) is 5.91 Å². The van der Waals surface area contributed by atoms with Gasteiger partial charge in [-0.1, -0.05) is 28.1 Å². The van der Waals surface area contributed by atoms with Crippen LogP contribution in [0.3, 0.4) is 0 Å². The average molecular weight is 455 g/mol. The van der Waals surface area contributed by atoms with Crippen LogP contribution < -0.4 is 5.32 Å². The number of hydrogen-bond acceptors (Lipinski definition) is 6. The first kappa shape index (κ1) is 18.5. The molecule has 4 rings (SSSR count). The second-order valence-electron chi connectivity index (χ2n) is 6.09. The SMILES string of the molecule is Cc1nc(NC(=O)c2ccc(-n3cnnn3)cc2)sc1Cc1cccc(Br)c1. The molecule has 0 saturated heterocycles. The highest BCUT2D eigenvalue weighted by Crippen LogP contribution is 2.26. The molecule has 7 nitrogen and oxygen atoms in total. The first-order valence-corrected chi connectivity index (χ1v) is 10.0. The summed E-state index contributed by atoms with van der Waals surface area (Å²) in [6.07, 6.45) is 2.28. The molecule has 0 saturated carbocycles. The van der Waals surface area contributed by atoms with Crippen molar-refractivity contribution in [1.82, 2.24) is 25.2 Å². The fraction of sp³-hybridized carbons (Fsp3) is 0.105. The number of halogens is 1. The molecule has 0 bridgehead atoms. The van der Waals surface area contributed by atoms with Gasteiger partial charge in [0, 0.05) is 21.3 Å². The summed E-state index contributed by atoms with van der Waals surface area (Å²) < 4.78 is 2.57. The highest BCUT2D eigenvalue weighted by Gasteiger charge is 2.13. The fourth-order valence-corrected chi connectivity index (χ4v) is 4.13. The van der Waals surface area contributed by atoms with E-state index in [1.165, 1.54) is 27.9 Å². The van der Waals surface area contributed by atoms with E-state index < -0.39 is 0 Å². The van der Waals surface area contributed by atoms with Gasteiger partial charge in [-0.15, -0.1) is 16.4 Å². The summed E-state index contributed by atoms with van der Waals surface area (Å²) in [5.74, 6) is -0.203. The minimum Gasteiger partial charge on any atom is -0.298 e. The lowest BCUT2D eigenvalue weighted by atomic mass is 10.1. The second-order valence-corrected chi connectivity index (χ2v) is 8.09. The van der Waals surface area contributed by atoms with Crippen LogP contribution >= 0.6 is 27.3 Å². The summed E-state index contributed by atoms with van der Waals surface area (Å²) in [6.45, 7) is 1.96. The van der Waals surface area contributed by atoms with Crippen molar-refractivity contribution >= 4 is 38.3 Å². The van der Waals surface area contributed by atoms with Crippen molar-refractivity contribution in [2.24, 2.45) is 0 Å². The Hall–Kier alpha value is -2.91. The maximum absolute atomic E-state index is 12.5. The third kappa shape index (κ3) is 4.15. The lowest BCUT2D eigenvalue weighted by Gasteiger charge is -2.03. The van der Waals surface area contributed by atoms with Crippen LogP contribution in [-0.2, 0) is 6.42 Å². The van der Waals surface area contributed by atoms with E-state index >= 15 is 0 Å². The Kier molecular flexibility index (Phi) is 5.27. The summed E-state index contributed by atoms with van der Waals surface area (Å²) in [4.78, 5) is 18.2. The topological polar surface area (TPSA) is 85.6 Å². The van der Waals surface area contributed by atoms with Gasteiger partial charge in [0.2, 0.25) is 0 Å². The van der Waals surface area contributed by atoms with Gasteiger partial charge in [-0.2, -0.15) is 0 Å². The van der Waals surface area contributed by atoms with E-state index in [0.29, 0.717) is 10.7 Å². The van der Waals surface area contributed by atoms with Crippen molar-refractivity contribution in [3.63, 3.8) is 0 Å². The molecule has 0 aliphatic rings. The van der Waals surface area contributed by atoms with Gasteiger partial charge in [-0.3, -0.25) is 10.1 Å². The van der Waals surface area contributed by atoms with Gasteiger partial charge in [0.05, 0.1) is 11.4 Å². The smallest absolute Gasteiger partial charge is 0.257 e. The number of hydrogen-bond donors (Lipinski definition) is 1. The Morgan fingerprint density at radius 1 is 1.21 bits per heavy atom. The highest BCUT2D eigenvalue weighted by atomic mass is 79.9. The highest BCUT2D eigenvalue weighted by molar-refractivity contribution is 9.10. The van der Waals surface area contributed by atoms with E-state index in [-0.39, 0.29) is 5.91 Å². The van der Waals surface area contributed by atoms with Gasteiger partial charge in [0.1, 0.15) is 6.33 Å². The molecule has 0 radical (unpaired) electrons. The Morgan fingerprint density at radius 3 is 2.75 bits per heavy atom. The number of aromatic nitrogens is 5. The van der Waals surface area contributed by atoms with Gasteiger partial charge in [-0.05, 0) is 59.3 Å². The molecule has 2 aromatic carbocycles. The number of carbonyl (C=O) groups is 1. The number of rotatable bonds is 5. The molecule has 0 aliphatic carbocycles. The predicted molar refractivity (Wildman–Crippen MR) is 111 cm³/mol. The molecule has 0 unspecified atom stereocenters. The maximum Gasteiger partial charge on any atom is 0.257 e. The largest absolute Gasteiger partial charge is 0.298 e. The molecule has 4 aromatic rings. The minimum atomic E-state index is -0.203. The van der Waals surface area contributed by atoms with E-state index in [1.807, 2.05) is 19.1 Å². The van der Waals surface area contributed by atoms with E-state index in [2.05, 4.69) is 53.9 Å². The van der Waals surface area contributed by atoms with Crippen LogP contribution in [0.25, 0.3) is 5.69 Å². The van der Waals surface area contributed by atoms with Crippen molar-refractivity contribution in [2.45, 2.75) is 13.3 Å². The number of carbonyl (C=O) groups excluding carboxylic acids is 1. The summed E-state index contributed by atoms with van der Waals surface area (Å²) in [5, 5.41) is 14.5. The first-order valence-electron chi connectivity index (χ1n) is 8.44. The molecule has 0 fully saturated rings. The number of anilines is 1. The Bertz CT molecular complexity index is 1110. The molecule has 1 amide bonds. The van der Waals surface area contributed by atoms with Gasteiger partial charge < -0.3 is 0 Å². The standard InChI is InChI=1S/C19H15BrN6OS/c1-12-17(10-13-3-2-4-15(20)9-13)28-19(22-12)23-18(27)14-5-7-16(8-6-14)26-11-21-24-25-26/h2-9,11H,10H2,1H3,(H,22,23,27). The molecule has 0 spiro atoms. The molecule has 0 aliphatic heterocycles. The Labute approximate surface area is 173 Å². The monoisotopic (exact) mass is 454 g/mol. The number of benzene rings is 2. The minimum absolute atomic E-state index is 0.203. The van der Waals surface area contributed by atoms with Crippen LogP contribution in [-0.4, -0.2) is 31.1 Å². The number of nitrogens with one attached hydrogen (secondary N) is 1. The molecule has 2 aromatic heterocycles. The lowest BCUT2D eigenvalue weighted by molar-refractivity contribution is 0.102. The zero-order valence-corrected chi connectivity index (χ0v) is 17.2. The summed E-state index contributed by atoms with van der Waals surface area (Å²) in [6, 6.07) is 15.2. The molecule has 9 heteroatoms. The zero-order chi connectivity index (χ0) is 19.5. The Balaban J connectivity index is 1.46. The maximum atomic E-state index is 12.5. The van der Waals surface area contributed by atoms with Crippen LogP contribution in [0.2, 0.25) is 0 Å². The van der Waals surface area contributed by atoms with Crippen molar-refractivity contribution in [2.75, 3.05) is 5.32 Å². The third-order valence-electron chi connectivity index (χ3n) is 4.11. The van der Waals surface area contributed by atoms with E-state index in [4.69, 9.17) is 0 Å². The van der Waals surface area contributed by atoms with E-state index in [1.54, 1.807) is 24.3 Å². The molecular weight excluding hydrogens is 440 g/mol. The number of tetrazole rings is 1. The zero-order valence-electron chi connectivity index (χ0n) is 14.8. The van der Waals surface area contributed by atoms with Crippen LogP contribution in [0.1, 0.15) is 26.5 Å². The summed E-state index contributed by atoms with van der Waals surface area (Å²) >= 11 is 4.99. The van der Waals surface area contributed by atoms with Crippen LogP contribution in [0, 0.1) is 6.92 Å². The normalized spacial score (nSPS) is 10.8. The van der Waals surface area contributed by atoms with Crippen LogP contribution in [0.5, 0.6) is 0 Å². The molecule has 28 heavy (non-hydrogen) atoms. The van der Waals surface area contributed by atoms with Crippen molar-refractivity contribution in [3.8, 4) is 5.69 Å². The summed E-state index contributed by atoms with van der Waals surface area (Å²) in [7, 11) is 0.